The fourth-order valence-corrected chi connectivity index (χ4v) is 4.27. The van der Waals surface area contributed by atoms with Crippen molar-refractivity contribution in [3.63, 3.8) is 0 Å². The van der Waals surface area contributed by atoms with E-state index in [-0.39, 0.29) is 17.2 Å². The molecule has 0 fully saturated rings. The Balaban J connectivity index is 1.98. The van der Waals surface area contributed by atoms with Gasteiger partial charge in [0.2, 0.25) is 0 Å². The van der Waals surface area contributed by atoms with E-state index in [2.05, 4.69) is 24.1 Å². The van der Waals surface area contributed by atoms with Crippen LogP contribution in [0.15, 0.2) is 41.3 Å². The summed E-state index contributed by atoms with van der Waals surface area (Å²) in [5, 5.41) is 13.4. The van der Waals surface area contributed by atoms with Crippen molar-refractivity contribution in [2.24, 2.45) is 0 Å². The highest BCUT2D eigenvalue weighted by atomic mass is 32.2. The maximum absolute atomic E-state index is 12.3. The normalized spacial score (nSPS) is 11.1. The van der Waals surface area contributed by atoms with Crippen LogP contribution in [0.25, 0.3) is 0 Å². The maximum Gasteiger partial charge on any atom is 0.411 e. The molecule has 9 nitrogen and oxygen atoms in total. The van der Waals surface area contributed by atoms with Gasteiger partial charge in [0.05, 0.1) is 15.6 Å². The smallest absolute Gasteiger partial charge is 0.411 e. The molecule has 0 unspecified atom stereocenters. The van der Waals surface area contributed by atoms with Crippen molar-refractivity contribution in [2.75, 3.05) is 35.7 Å². The lowest BCUT2D eigenvalue weighted by atomic mass is 10.1. The number of anilines is 2. The van der Waals surface area contributed by atoms with Crippen molar-refractivity contribution < 1.29 is 22.9 Å². The van der Waals surface area contributed by atoms with Crippen LogP contribution in [0.2, 0.25) is 0 Å². The van der Waals surface area contributed by atoms with E-state index in [1.54, 1.807) is 0 Å². The third-order valence-electron chi connectivity index (χ3n) is 4.86. The number of aryl methyl sites for hydroxylation is 2. The number of nitrogens with zero attached hydrogens (tertiary/aromatic N) is 2. The van der Waals surface area contributed by atoms with Gasteiger partial charge in [0.25, 0.3) is 5.69 Å². The Morgan fingerprint density at radius 3 is 2.13 bits per heavy atom. The molecule has 0 atom stereocenters. The molecule has 1 N–H and O–H groups in total. The molecule has 2 aromatic carbocycles. The highest BCUT2D eigenvalue weighted by molar-refractivity contribution is 7.91. The van der Waals surface area contributed by atoms with E-state index in [0.717, 1.165) is 54.2 Å². The average Bonchev–Trinajstić information content (AvgIpc) is 2.71. The Kier molecular flexibility index (Phi) is 7.98. The van der Waals surface area contributed by atoms with Crippen LogP contribution >= 0.6 is 0 Å². The van der Waals surface area contributed by atoms with E-state index in [4.69, 9.17) is 4.74 Å². The number of sulfone groups is 1. The molecule has 0 aliphatic carbocycles. The highest BCUT2D eigenvalue weighted by Gasteiger charge is 2.18. The molecule has 31 heavy (non-hydrogen) atoms. The van der Waals surface area contributed by atoms with Gasteiger partial charge in [-0.15, -0.1) is 0 Å². The van der Waals surface area contributed by atoms with Crippen LogP contribution < -0.4 is 10.2 Å². The molecule has 0 aliphatic heterocycles. The fraction of sp³-hybridized carbons (Fsp3) is 0.381. The van der Waals surface area contributed by atoms with Gasteiger partial charge in [0, 0.05) is 36.6 Å². The topological polar surface area (TPSA) is 119 Å². The van der Waals surface area contributed by atoms with E-state index in [1.807, 2.05) is 26.0 Å². The first-order valence-electron chi connectivity index (χ1n) is 9.86. The van der Waals surface area contributed by atoms with Gasteiger partial charge in [0.1, 0.15) is 6.61 Å². The predicted molar refractivity (Wildman–Crippen MR) is 120 cm³/mol. The number of hydrogen-bond donors (Lipinski definition) is 1. The van der Waals surface area contributed by atoms with Gasteiger partial charge in [-0.2, -0.15) is 0 Å². The number of rotatable bonds is 9. The molecule has 2 aromatic rings. The van der Waals surface area contributed by atoms with Gasteiger partial charge >= 0.3 is 6.09 Å². The number of amides is 1. The SMILES string of the molecule is CCN(CC)c1cc(C)c(NC(=O)OCCS(=O)(=O)c2ccc([N+](=O)[O-])cc2)c(C)c1. The zero-order chi connectivity index (χ0) is 23.2. The van der Waals surface area contributed by atoms with Crippen molar-refractivity contribution in [3.05, 3.63) is 57.6 Å². The van der Waals surface area contributed by atoms with Crippen molar-refractivity contribution in [2.45, 2.75) is 32.6 Å². The molecule has 0 radical (unpaired) electrons. The summed E-state index contributed by atoms with van der Waals surface area (Å²) < 4.78 is 29.7. The van der Waals surface area contributed by atoms with E-state index in [0.29, 0.717) is 5.69 Å². The summed E-state index contributed by atoms with van der Waals surface area (Å²) in [4.78, 5) is 24.4. The number of non-ortho nitro benzene ring substituents is 1. The Morgan fingerprint density at radius 2 is 1.65 bits per heavy atom. The molecule has 0 aromatic heterocycles. The van der Waals surface area contributed by atoms with Crippen LogP contribution in [0, 0.1) is 24.0 Å². The molecule has 10 heteroatoms. The Labute approximate surface area is 182 Å². The van der Waals surface area contributed by atoms with Gasteiger partial charge in [-0.3, -0.25) is 15.4 Å². The Bertz CT molecular complexity index is 1020. The average molecular weight is 450 g/mol. The Morgan fingerprint density at radius 1 is 1.10 bits per heavy atom. The van der Waals surface area contributed by atoms with E-state index >= 15 is 0 Å². The third kappa shape index (κ3) is 6.17. The molecule has 0 aliphatic rings. The second kappa shape index (κ2) is 10.3. The molecular formula is C21H27N3O6S. The lowest BCUT2D eigenvalue weighted by Gasteiger charge is -2.23. The summed E-state index contributed by atoms with van der Waals surface area (Å²) in [5.41, 5.74) is 3.23. The molecule has 0 saturated heterocycles. The van der Waals surface area contributed by atoms with Crippen LogP contribution in [0.4, 0.5) is 21.9 Å². The monoisotopic (exact) mass is 449 g/mol. The van der Waals surface area contributed by atoms with Crippen molar-refractivity contribution >= 4 is 33.0 Å². The van der Waals surface area contributed by atoms with E-state index in [9.17, 15) is 23.3 Å². The van der Waals surface area contributed by atoms with Crippen molar-refractivity contribution in [1.29, 1.82) is 0 Å². The van der Waals surface area contributed by atoms with E-state index < -0.39 is 26.6 Å². The molecular weight excluding hydrogens is 422 g/mol. The minimum atomic E-state index is -3.74. The van der Waals surface area contributed by atoms with Crippen molar-refractivity contribution in [1.82, 2.24) is 0 Å². The van der Waals surface area contributed by atoms with Crippen LogP contribution in [0.1, 0.15) is 25.0 Å². The summed E-state index contributed by atoms with van der Waals surface area (Å²) in [7, 11) is -3.74. The summed E-state index contributed by atoms with van der Waals surface area (Å²) in [6, 6.07) is 8.53. The molecule has 0 bridgehead atoms. The number of carbonyl (C=O) groups is 1. The maximum atomic E-state index is 12.3. The molecule has 2 rings (SSSR count). The number of carbonyl (C=O) groups excluding carboxylic acids is 1. The van der Waals surface area contributed by atoms with Gasteiger partial charge in [-0.25, -0.2) is 13.2 Å². The Hall–Kier alpha value is -3.14. The van der Waals surface area contributed by atoms with Crippen LogP contribution in [-0.4, -0.2) is 44.9 Å². The van der Waals surface area contributed by atoms with Crippen LogP contribution in [-0.2, 0) is 14.6 Å². The number of ether oxygens (including phenoxy) is 1. The lowest BCUT2D eigenvalue weighted by molar-refractivity contribution is -0.384. The van der Waals surface area contributed by atoms with Gasteiger partial charge in [0.15, 0.2) is 9.84 Å². The minimum Gasteiger partial charge on any atom is -0.448 e. The molecule has 0 heterocycles. The third-order valence-corrected chi connectivity index (χ3v) is 6.56. The minimum absolute atomic E-state index is 0.0687. The first kappa shape index (κ1) is 24.1. The van der Waals surface area contributed by atoms with Crippen LogP contribution in [0.5, 0.6) is 0 Å². The molecule has 168 valence electrons. The largest absolute Gasteiger partial charge is 0.448 e. The van der Waals surface area contributed by atoms with Gasteiger partial charge in [-0.05, 0) is 63.1 Å². The van der Waals surface area contributed by atoms with E-state index in [1.165, 1.54) is 0 Å². The predicted octanol–water partition coefficient (Wildman–Crippen LogP) is 4.08. The number of nitro groups is 1. The summed E-state index contributed by atoms with van der Waals surface area (Å²) in [6.45, 7) is 9.30. The molecule has 0 spiro atoms. The standard InChI is InChI=1S/C21H27N3O6S/c1-5-23(6-2)18-13-15(3)20(16(4)14-18)22-21(25)30-11-12-31(28,29)19-9-7-17(8-10-19)24(26)27/h7-10,13-14H,5-6,11-12H2,1-4H3,(H,22,25). The second-order valence-electron chi connectivity index (χ2n) is 6.96. The summed E-state index contributed by atoms with van der Waals surface area (Å²) >= 11 is 0. The highest BCUT2D eigenvalue weighted by Crippen LogP contribution is 2.27. The first-order chi connectivity index (χ1) is 14.6. The second-order valence-corrected chi connectivity index (χ2v) is 9.07. The zero-order valence-electron chi connectivity index (χ0n) is 18.0. The number of nitro benzene ring substituents is 1. The number of hydrogen-bond acceptors (Lipinski definition) is 7. The number of benzene rings is 2. The van der Waals surface area contributed by atoms with Crippen molar-refractivity contribution in [3.8, 4) is 0 Å². The zero-order valence-corrected chi connectivity index (χ0v) is 18.9. The molecule has 1 amide bonds. The lowest BCUT2D eigenvalue weighted by Crippen LogP contribution is -2.23. The first-order valence-corrected chi connectivity index (χ1v) is 11.5. The summed E-state index contributed by atoms with van der Waals surface area (Å²) in [6.07, 6.45) is -0.749. The fourth-order valence-electron chi connectivity index (χ4n) is 3.18. The number of nitrogens with one attached hydrogen (secondary N) is 1. The molecule has 0 saturated carbocycles. The quantitative estimate of drug-likeness (QED) is 0.452. The van der Waals surface area contributed by atoms with Crippen LogP contribution in [0.3, 0.4) is 0 Å². The van der Waals surface area contributed by atoms with Gasteiger partial charge < -0.3 is 9.64 Å². The van der Waals surface area contributed by atoms with Gasteiger partial charge in [-0.1, -0.05) is 0 Å². The summed E-state index contributed by atoms with van der Waals surface area (Å²) in [5.74, 6) is -0.433.